The van der Waals surface area contributed by atoms with E-state index in [4.69, 9.17) is 0 Å². The third-order valence-corrected chi connectivity index (χ3v) is 5.06. The number of carbonyl (C=O) groups is 1. The number of aliphatic hydroxyl groups is 1. The highest BCUT2D eigenvalue weighted by molar-refractivity contribution is 6.15. The number of hydrogen-bond acceptors (Lipinski definition) is 3. The molecule has 0 spiro atoms. The molecule has 0 bridgehead atoms. The average Bonchev–Trinajstić information content (AvgIpc) is 2.65. The molecule has 134 valence electrons. The summed E-state index contributed by atoms with van der Waals surface area (Å²) in [6.07, 6.45) is -2.48. The number of ketones is 1. The minimum atomic E-state index is -4.96. The number of hydrogen-bond donors (Lipinski definition) is 2. The monoisotopic (exact) mass is 359 g/mol. The van der Waals surface area contributed by atoms with Gasteiger partial charge in [0.25, 0.3) is 0 Å². The van der Waals surface area contributed by atoms with E-state index >= 15 is 0 Å². The predicted octanol–water partition coefficient (Wildman–Crippen LogP) is 3.41. The lowest BCUT2D eigenvalue weighted by Crippen LogP contribution is -2.48. The number of rotatable bonds is 1. The second-order valence-corrected chi connectivity index (χ2v) is 6.49. The van der Waals surface area contributed by atoms with Crippen LogP contribution in [0.25, 0.3) is 5.57 Å². The second kappa shape index (κ2) is 5.79. The van der Waals surface area contributed by atoms with Gasteiger partial charge >= 0.3 is 6.18 Å². The predicted molar refractivity (Wildman–Crippen MR) is 90.8 cm³/mol. The van der Waals surface area contributed by atoms with Gasteiger partial charge in [0.05, 0.1) is 0 Å². The number of carbonyl (C=O) groups excluding carboxylic acids is 1. The molecule has 4 rings (SSSR count). The minimum Gasteiger partial charge on any atom is -0.372 e. The van der Waals surface area contributed by atoms with Crippen LogP contribution in [0, 0.1) is 0 Å². The van der Waals surface area contributed by atoms with Crippen molar-refractivity contribution in [3.8, 4) is 0 Å². The van der Waals surface area contributed by atoms with E-state index in [0.717, 1.165) is 5.57 Å². The Balaban J connectivity index is 2.05. The summed E-state index contributed by atoms with van der Waals surface area (Å²) in [5.74, 6) is -0.487. The van der Waals surface area contributed by atoms with Gasteiger partial charge in [0.15, 0.2) is 5.78 Å². The van der Waals surface area contributed by atoms with Crippen LogP contribution in [0.2, 0.25) is 0 Å². The summed E-state index contributed by atoms with van der Waals surface area (Å²) in [4.78, 5) is 13.1. The van der Waals surface area contributed by atoms with E-state index in [1.807, 2.05) is 6.08 Å². The first-order valence-corrected chi connectivity index (χ1v) is 8.32. The molecule has 1 aliphatic heterocycles. The van der Waals surface area contributed by atoms with Crippen LogP contribution in [0.15, 0.2) is 48.5 Å². The first-order chi connectivity index (χ1) is 12.4. The molecule has 3 nitrogen and oxygen atoms in total. The Hall–Kier alpha value is -2.44. The topological polar surface area (TPSA) is 49.3 Å². The number of benzene rings is 2. The highest BCUT2D eigenvalue weighted by Crippen LogP contribution is 2.50. The van der Waals surface area contributed by atoms with Gasteiger partial charge in [-0.2, -0.15) is 13.2 Å². The van der Waals surface area contributed by atoms with E-state index in [0.29, 0.717) is 25.1 Å². The molecule has 2 N–H and O–H groups in total. The molecule has 6 heteroatoms. The molecule has 0 aromatic heterocycles. The Labute approximate surface area is 148 Å². The Morgan fingerprint density at radius 1 is 1.00 bits per heavy atom. The van der Waals surface area contributed by atoms with Crippen LogP contribution in [0.3, 0.4) is 0 Å². The summed E-state index contributed by atoms with van der Waals surface area (Å²) >= 11 is 0. The van der Waals surface area contributed by atoms with Crippen molar-refractivity contribution in [3.63, 3.8) is 0 Å². The lowest BCUT2D eigenvalue weighted by Gasteiger charge is -2.38. The molecule has 0 fully saturated rings. The lowest BCUT2D eigenvalue weighted by atomic mass is 9.71. The van der Waals surface area contributed by atoms with Gasteiger partial charge in [0.1, 0.15) is 0 Å². The Morgan fingerprint density at radius 2 is 1.69 bits per heavy atom. The van der Waals surface area contributed by atoms with Gasteiger partial charge in [-0.25, -0.2) is 0 Å². The van der Waals surface area contributed by atoms with Crippen LogP contribution < -0.4 is 5.32 Å². The lowest BCUT2D eigenvalue weighted by molar-refractivity contribution is -0.248. The molecule has 26 heavy (non-hydrogen) atoms. The number of fused-ring (bicyclic) bond motifs is 2. The summed E-state index contributed by atoms with van der Waals surface area (Å²) in [7, 11) is 0. The van der Waals surface area contributed by atoms with Crippen molar-refractivity contribution in [2.45, 2.75) is 18.2 Å². The largest absolute Gasteiger partial charge is 0.425 e. The molecule has 1 atom stereocenters. The molecule has 0 saturated carbocycles. The molecule has 1 aliphatic carbocycles. The normalized spacial score (nSPS) is 22.5. The first kappa shape index (κ1) is 17.0. The van der Waals surface area contributed by atoms with Gasteiger partial charge in [-0.15, -0.1) is 0 Å². The van der Waals surface area contributed by atoms with Crippen LogP contribution in [0.1, 0.15) is 39.0 Å². The molecular formula is C20H16F3NO2. The smallest absolute Gasteiger partial charge is 0.372 e. The quantitative estimate of drug-likeness (QED) is 0.821. The third kappa shape index (κ3) is 2.26. The summed E-state index contributed by atoms with van der Waals surface area (Å²) in [5.41, 5.74) is -2.91. The zero-order valence-corrected chi connectivity index (χ0v) is 13.7. The zero-order chi connectivity index (χ0) is 18.5. The fraction of sp³-hybridized carbons (Fsp3) is 0.250. The van der Waals surface area contributed by atoms with E-state index in [-0.39, 0.29) is 11.1 Å². The first-order valence-electron chi connectivity index (χ1n) is 8.32. The minimum absolute atomic E-state index is 0.0563. The van der Waals surface area contributed by atoms with E-state index in [2.05, 4.69) is 5.32 Å². The van der Waals surface area contributed by atoms with Crippen molar-refractivity contribution in [1.82, 2.24) is 5.32 Å². The van der Waals surface area contributed by atoms with Gasteiger partial charge in [-0.1, -0.05) is 48.5 Å². The maximum Gasteiger partial charge on any atom is 0.425 e. The fourth-order valence-electron chi connectivity index (χ4n) is 3.81. The van der Waals surface area contributed by atoms with Crippen LogP contribution in [0.4, 0.5) is 13.2 Å². The van der Waals surface area contributed by atoms with E-state index in [1.165, 1.54) is 36.4 Å². The second-order valence-electron chi connectivity index (χ2n) is 6.49. The van der Waals surface area contributed by atoms with Crippen molar-refractivity contribution in [1.29, 1.82) is 0 Å². The molecule has 2 aliphatic rings. The summed E-state index contributed by atoms with van der Waals surface area (Å²) in [5, 5.41) is 14.0. The Bertz CT molecular complexity index is 933. The van der Waals surface area contributed by atoms with Crippen molar-refractivity contribution < 1.29 is 23.1 Å². The number of nitrogens with one attached hydrogen (secondary N) is 1. The molecule has 1 unspecified atom stereocenters. The van der Waals surface area contributed by atoms with Gasteiger partial charge < -0.3 is 10.4 Å². The number of halogens is 3. The highest BCUT2D eigenvalue weighted by Gasteiger charge is 2.60. The molecular weight excluding hydrogens is 343 g/mol. The van der Waals surface area contributed by atoms with Gasteiger partial charge in [0, 0.05) is 28.8 Å². The molecule has 0 amide bonds. The van der Waals surface area contributed by atoms with Crippen molar-refractivity contribution in [2.75, 3.05) is 13.1 Å². The molecule has 0 radical (unpaired) electrons. The highest BCUT2D eigenvalue weighted by atomic mass is 19.4. The van der Waals surface area contributed by atoms with Crippen molar-refractivity contribution in [3.05, 3.63) is 76.4 Å². The van der Waals surface area contributed by atoms with E-state index in [1.54, 1.807) is 6.07 Å². The Morgan fingerprint density at radius 3 is 2.38 bits per heavy atom. The van der Waals surface area contributed by atoms with Gasteiger partial charge in [0.2, 0.25) is 5.60 Å². The summed E-state index contributed by atoms with van der Waals surface area (Å²) in [6, 6.07) is 9.72. The van der Waals surface area contributed by atoms with E-state index < -0.39 is 28.7 Å². The van der Waals surface area contributed by atoms with Crippen molar-refractivity contribution >= 4 is 11.4 Å². The molecule has 2 aromatic carbocycles. The maximum atomic E-state index is 14.0. The maximum absolute atomic E-state index is 14.0. The van der Waals surface area contributed by atoms with Crippen molar-refractivity contribution in [2.24, 2.45) is 0 Å². The Kier molecular flexibility index (Phi) is 3.78. The summed E-state index contributed by atoms with van der Waals surface area (Å²) in [6.45, 7) is 1.27. The van der Waals surface area contributed by atoms with Crippen LogP contribution in [0.5, 0.6) is 0 Å². The van der Waals surface area contributed by atoms with Crippen LogP contribution in [-0.4, -0.2) is 30.2 Å². The standard InChI is InChI=1S/C20H16F3NO2/c21-20(22,23)19(26)15-6-2-1-4-14(15)18(25)17-13(5-3-7-16(17)19)12-8-10-24-11-9-12/h1-8,24,26H,9-11H2. The van der Waals surface area contributed by atoms with E-state index in [9.17, 15) is 23.1 Å². The third-order valence-electron chi connectivity index (χ3n) is 5.06. The van der Waals surface area contributed by atoms with Crippen LogP contribution in [-0.2, 0) is 5.60 Å². The van der Waals surface area contributed by atoms with Crippen LogP contribution >= 0.6 is 0 Å². The summed E-state index contributed by atoms with van der Waals surface area (Å²) < 4.78 is 42.0. The van der Waals surface area contributed by atoms with Gasteiger partial charge in [-0.05, 0) is 24.1 Å². The van der Waals surface area contributed by atoms with Gasteiger partial charge in [-0.3, -0.25) is 4.79 Å². The zero-order valence-electron chi connectivity index (χ0n) is 13.7. The SMILES string of the molecule is O=C1c2ccccc2C(O)(C(F)(F)F)c2cccc(C3=CCNCC3)c21. The molecule has 2 aromatic rings. The number of alkyl halides is 3. The molecule has 0 saturated heterocycles. The average molecular weight is 359 g/mol. The molecule has 1 heterocycles. The fourth-order valence-corrected chi connectivity index (χ4v) is 3.81.